The molecular weight excluding hydrogens is 310 g/mol. The minimum atomic E-state index is -0.0921. The molecular formula is C14H16BrNO3. The average molecular weight is 326 g/mol. The number of carbonyl (C=O) groups excluding carboxylic acids is 1. The lowest BCUT2D eigenvalue weighted by atomic mass is 9.95. The molecule has 2 bridgehead atoms. The second-order valence-corrected chi connectivity index (χ2v) is 5.95. The van der Waals surface area contributed by atoms with Gasteiger partial charge in [0, 0.05) is 4.47 Å². The van der Waals surface area contributed by atoms with Crippen LogP contribution in [0.4, 0.5) is 0 Å². The van der Waals surface area contributed by atoms with Crippen molar-refractivity contribution in [3.63, 3.8) is 0 Å². The van der Waals surface area contributed by atoms with Crippen LogP contribution in [0.25, 0.3) is 0 Å². The van der Waals surface area contributed by atoms with Crippen LogP contribution in [0.2, 0.25) is 0 Å². The molecule has 2 saturated heterocycles. The van der Waals surface area contributed by atoms with E-state index in [4.69, 9.17) is 9.47 Å². The Morgan fingerprint density at radius 3 is 2.95 bits per heavy atom. The van der Waals surface area contributed by atoms with Gasteiger partial charge in [0.2, 0.25) is 0 Å². The number of rotatable bonds is 3. The lowest BCUT2D eigenvalue weighted by Gasteiger charge is -2.20. The number of fused-ring (bicyclic) bond motifs is 2. The lowest BCUT2D eigenvalue weighted by molar-refractivity contribution is 0.0839. The van der Waals surface area contributed by atoms with Crippen molar-refractivity contribution >= 4 is 21.8 Å². The van der Waals surface area contributed by atoms with Crippen molar-refractivity contribution in [3.05, 3.63) is 28.2 Å². The number of halogens is 1. The predicted molar refractivity (Wildman–Crippen MR) is 74.5 cm³/mol. The molecule has 0 spiro atoms. The first kappa shape index (κ1) is 12.9. The molecule has 3 unspecified atom stereocenters. The zero-order valence-electron chi connectivity index (χ0n) is 10.7. The molecule has 2 fully saturated rings. The van der Waals surface area contributed by atoms with Gasteiger partial charge in [-0.05, 0) is 37.5 Å². The van der Waals surface area contributed by atoms with Gasteiger partial charge in [0.05, 0.1) is 30.9 Å². The van der Waals surface area contributed by atoms with Crippen molar-refractivity contribution in [1.82, 2.24) is 5.32 Å². The highest BCUT2D eigenvalue weighted by atomic mass is 79.9. The maximum Gasteiger partial charge on any atom is 0.255 e. The summed E-state index contributed by atoms with van der Waals surface area (Å²) in [6.45, 7) is 0. The number of hydrogen-bond donors (Lipinski definition) is 1. The number of ether oxygens (including phenoxy) is 2. The van der Waals surface area contributed by atoms with E-state index in [1.54, 1.807) is 19.2 Å². The van der Waals surface area contributed by atoms with Crippen LogP contribution in [0, 0.1) is 0 Å². The highest BCUT2D eigenvalue weighted by Gasteiger charge is 2.41. The molecule has 1 amide bonds. The summed E-state index contributed by atoms with van der Waals surface area (Å²) in [4.78, 5) is 12.3. The maximum atomic E-state index is 12.3. The quantitative estimate of drug-likeness (QED) is 0.928. The topological polar surface area (TPSA) is 47.6 Å². The molecule has 1 N–H and O–H groups in total. The molecule has 0 aliphatic carbocycles. The zero-order valence-corrected chi connectivity index (χ0v) is 12.3. The first-order chi connectivity index (χ1) is 9.17. The van der Waals surface area contributed by atoms with Gasteiger partial charge in [-0.1, -0.05) is 15.9 Å². The maximum absolute atomic E-state index is 12.3. The van der Waals surface area contributed by atoms with E-state index in [1.165, 1.54) is 0 Å². The van der Waals surface area contributed by atoms with Gasteiger partial charge < -0.3 is 14.8 Å². The standard InChI is InChI=1S/C14H16BrNO3/c1-18-13-6-8(15)2-4-10(13)14(17)16-11-7-9-3-5-12(11)19-9/h2,4,6,9,11-12H,3,5,7H2,1H3,(H,16,17). The third-order valence-corrected chi connectivity index (χ3v) is 4.32. The molecule has 2 aliphatic rings. The summed E-state index contributed by atoms with van der Waals surface area (Å²) < 4.78 is 11.9. The zero-order chi connectivity index (χ0) is 13.4. The van der Waals surface area contributed by atoms with E-state index in [-0.39, 0.29) is 18.1 Å². The number of methoxy groups -OCH3 is 1. The summed E-state index contributed by atoms with van der Waals surface area (Å²) >= 11 is 3.37. The fraction of sp³-hybridized carbons (Fsp3) is 0.500. The summed E-state index contributed by atoms with van der Waals surface area (Å²) in [6, 6.07) is 5.55. The summed E-state index contributed by atoms with van der Waals surface area (Å²) in [5, 5.41) is 3.06. The van der Waals surface area contributed by atoms with Crippen LogP contribution >= 0.6 is 15.9 Å². The van der Waals surface area contributed by atoms with Crippen LogP contribution in [0.5, 0.6) is 5.75 Å². The molecule has 3 atom stereocenters. The van der Waals surface area contributed by atoms with E-state index in [1.807, 2.05) is 6.07 Å². The van der Waals surface area contributed by atoms with E-state index in [0.717, 1.165) is 23.7 Å². The minimum absolute atomic E-state index is 0.0921. The fourth-order valence-corrected chi connectivity index (χ4v) is 3.23. The van der Waals surface area contributed by atoms with Crippen LogP contribution in [0.15, 0.2) is 22.7 Å². The Morgan fingerprint density at radius 1 is 1.47 bits per heavy atom. The highest BCUT2D eigenvalue weighted by molar-refractivity contribution is 9.10. The Morgan fingerprint density at radius 2 is 2.32 bits per heavy atom. The molecule has 2 aliphatic heterocycles. The molecule has 5 heteroatoms. The predicted octanol–water partition coefficient (Wildman–Crippen LogP) is 2.51. The van der Waals surface area contributed by atoms with Crippen LogP contribution < -0.4 is 10.1 Å². The lowest BCUT2D eigenvalue weighted by Crippen LogP contribution is -2.41. The Hall–Kier alpha value is -1.07. The van der Waals surface area contributed by atoms with Crippen molar-refractivity contribution in [2.75, 3.05) is 7.11 Å². The molecule has 0 saturated carbocycles. The van der Waals surface area contributed by atoms with Crippen LogP contribution in [-0.2, 0) is 4.74 Å². The largest absolute Gasteiger partial charge is 0.496 e. The second kappa shape index (κ2) is 5.13. The number of hydrogen-bond acceptors (Lipinski definition) is 3. The van der Waals surface area contributed by atoms with Gasteiger partial charge in [0.1, 0.15) is 5.75 Å². The highest BCUT2D eigenvalue weighted by Crippen LogP contribution is 2.34. The first-order valence-electron chi connectivity index (χ1n) is 6.47. The first-order valence-corrected chi connectivity index (χ1v) is 7.26. The smallest absolute Gasteiger partial charge is 0.255 e. The monoisotopic (exact) mass is 325 g/mol. The molecule has 0 radical (unpaired) electrons. The fourth-order valence-electron chi connectivity index (χ4n) is 2.89. The van der Waals surface area contributed by atoms with E-state index in [0.29, 0.717) is 17.4 Å². The van der Waals surface area contributed by atoms with Gasteiger partial charge in [-0.25, -0.2) is 0 Å². The molecule has 3 rings (SSSR count). The average Bonchev–Trinajstić information content (AvgIpc) is 3.00. The van der Waals surface area contributed by atoms with Gasteiger partial charge in [-0.3, -0.25) is 4.79 Å². The van der Waals surface area contributed by atoms with Crippen LogP contribution in [0.1, 0.15) is 29.6 Å². The van der Waals surface area contributed by atoms with Crippen LogP contribution in [0.3, 0.4) is 0 Å². The van der Waals surface area contributed by atoms with Gasteiger partial charge in [0.15, 0.2) is 0 Å². The summed E-state index contributed by atoms with van der Waals surface area (Å²) in [5.74, 6) is 0.487. The van der Waals surface area contributed by atoms with E-state index < -0.39 is 0 Å². The molecule has 1 aromatic carbocycles. The van der Waals surface area contributed by atoms with Crippen molar-refractivity contribution in [3.8, 4) is 5.75 Å². The third-order valence-electron chi connectivity index (χ3n) is 3.83. The van der Waals surface area contributed by atoms with E-state index >= 15 is 0 Å². The second-order valence-electron chi connectivity index (χ2n) is 5.03. The SMILES string of the molecule is COc1cc(Br)ccc1C(=O)NC1CC2CCC1O2. The summed E-state index contributed by atoms with van der Waals surface area (Å²) in [7, 11) is 1.57. The molecule has 2 heterocycles. The molecule has 19 heavy (non-hydrogen) atoms. The molecule has 4 nitrogen and oxygen atoms in total. The molecule has 1 aromatic rings. The number of carbonyl (C=O) groups is 1. The Kier molecular flexibility index (Phi) is 3.50. The third kappa shape index (κ3) is 2.49. The Labute approximate surface area is 120 Å². The van der Waals surface area contributed by atoms with Gasteiger partial charge >= 0.3 is 0 Å². The van der Waals surface area contributed by atoms with E-state index in [2.05, 4.69) is 21.2 Å². The van der Waals surface area contributed by atoms with Gasteiger partial charge in [0.25, 0.3) is 5.91 Å². The minimum Gasteiger partial charge on any atom is -0.496 e. The number of nitrogens with one attached hydrogen (secondary N) is 1. The summed E-state index contributed by atoms with van der Waals surface area (Å²) in [5.41, 5.74) is 0.563. The van der Waals surface area contributed by atoms with Crippen LogP contribution in [-0.4, -0.2) is 31.3 Å². The molecule has 102 valence electrons. The Bertz CT molecular complexity index is 505. The number of amides is 1. The normalized spacial score (nSPS) is 28.4. The molecule has 0 aromatic heterocycles. The number of benzene rings is 1. The Balaban J connectivity index is 1.73. The summed E-state index contributed by atoms with van der Waals surface area (Å²) in [6.07, 6.45) is 3.62. The van der Waals surface area contributed by atoms with Gasteiger partial charge in [-0.2, -0.15) is 0 Å². The van der Waals surface area contributed by atoms with Crippen molar-refractivity contribution in [2.45, 2.75) is 37.5 Å². The van der Waals surface area contributed by atoms with Gasteiger partial charge in [-0.15, -0.1) is 0 Å². The van der Waals surface area contributed by atoms with Crippen molar-refractivity contribution in [2.24, 2.45) is 0 Å². The van der Waals surface area contributed by atoms with E-state index in [9.17, 15) is 4.79 Å². The van der Waals surface area contributed by atoms with Crippen molar-refractivity contribution in [1.29, 1.82) is 0 Å². The van der Waals surface area contributed by atoms with Crippen molar-refractivity contribution < 1.29 is 14.3 Å².